The summed E-state index contributed by atoms with van der Waals surface area (Å²) in [5.74, 6) is -20.1. The molecular formula is C55H66F5N7O18. The molecule has 1 aliphatic rings. The second-order valence-corrected chi connectivity index (χ2v) is 19.3. The van der Waals surface area contributed by atoms with Crippen LogP contribution in [0.3, 0.4) is 0 Å². The Labute approximate surface area is 482 Å². The van der Waals surface area contributed by atoms with Crippen LogP contribution >= 0.6 is 0 Å². The van der Waals surface area contributed by atoms with Gasteiger partial charge in [0.15, 0.2) is 0 Å². The number of hydrogen-bond donors (Lipinski definition) is 9. The molecule has 6 atom stereocenters. The number of carboxylic acid groups (broad SMARTS) is 1. The number of aliphatic carboxylic acids is 1. The van der Waals surface area contributed by atoms with Crippen molar-refractivity contribution in [2.45, 2.75) is 94.3 Å². The predicted molar refractivity (Wildman–Crippen MR) is 287 cm³/mol. The Kier molecular flexibility index (Phi) is 26.2. The number of aliphatic hydroxyl groups is 4. The van der Waals surface area contributed by atoms with Crippen molar-refractivity contribution in [3.05, 3.63) is 122 Å². The van der Waals surface area contributed by atoms with Gasteiger partial charge in [0.05, 0.1) is 110 Å². The van der Waals surface area contributed by atoms with E-state index >= 15 is 0 Å². The average Bonchev–Trinajstić information content (AvgIpc) is 2.86. The molecule has 6 rings (SSSR count). The summed E-state index contributed by atoms with van der Waals surface area (Å²) >= 11 is 0. The Bertz CT molecular complexity index is 3020. The monoisotopic (exact) mass is 1210 g/mol. The number of aromatic nitrogens is 3. The minimum Gasteiger partial charge on any atom is -0.477 e. The third kappa shape index (κ3) is 19.3. The van der Waals surface area contributed by atoms with Gasteiger partial charge in [0.25, 0.3) is 16.6 Å². The van der Waals surface area contributed by atoms with Crippen molar-refractivity contribution >= 4 is 35.1 Å². The number of benzene rings is 3. The molecule has 30 heteroatoms. The van der Waals surface area contributed by atoms with E-state index < -0.39 is 132 Å². The molecule has 25 nitrogen and oxygen atoms in total. The molecule has 2 heterocycles. The fourth-order valence-corrected chi connectivity index (χ4v) is 8.58. The van der Waals surface area contributed by atoms with Crippen molar-refractivity contribution in [3.63, 3.8) is 0 Å². The minimum atomic E-state index is -2.54. The quantitative estimate of drug-likeness (QED) is 0.00513. The summed E-state index contributed by atoms with van der Waals surface area (Å²) in [5, 5.41) is 71.9. The van der Waals surface area contributed by atoms with E-state index in [1.165, 1.54) is 4.68 Å². The number of nitrogens with one attached hydrogen (secondary N) is 4. The third-order valence-corrected chi connectivity index (χ3v) is 13.1. The van der Waals surface area contributed by atoms with E-state index in [1.807, 2.05) is 42.5 Å². The molecule has 9 N–H and O–H groups in total. The molecule has 0 spiro atoms. The molecule has 1 aliphatic heterocycles. The van der Waals surface area contributed by atoms with Crippen LogP contribution in [0.1, 0.15) is 49.8 Å². The lowest BCUT2D eigenvalue weighted by atomic mass is 9.88. The van der Waals surface area contributed by atoms with Crippen LogP contribution in [-0.2, 0) is 67.1 Å². The van der Waals surface area contributed by atoms with Crippen LogP contribution in [0.2, 0.25) is 0 Å². The van der Waals surface area contributed by atoms with Gasteiger partial charge in [-0.2, -0.15) is 8.78 Å². The fourth-order valence-electron chi connectivity index (χ4n) is 8.58. The van der Waals surface area contributed by atoms with Gasteiger partial charge in [-0.25, -0.2) is 22.6 Å². The summed E-state index contributed by atoms with van der Waals surface area (Å²) in [6.45, 7) is -0.0729. The molecule has 0 aliphatic carbocycles. The van der Waals surface area contributed by atoms with Crippen LogP contribution in [0.15, 0.2) is 70.4 Å². The van der Waals surface area contributed by atoms with Gasteiger partial charge in [0, 0.05) is 19.5 Å². The first kappa shape index (κ1) is 66.7. The summed E-state index contributed by atoms with van der Waals surface area (Å²) in [4.78, 5) is 74.4. The first-order chi connectivity index (χ1) is 40.8. The molecule has 0 unspecified atom stereocenters. The van der Waals surface area contributed by atoms with E-state index in [9.17, 15) is 76.3 Å². The zero-order valence-corrected chi connectivity index (χ0v) is 45.8. The molecule has 85 heavy (non-hydrogen) atoms. The van der Waals surface area contributed by atoms with Gasteiger partial charge in [-0.05, 0) is 29.5 Å². The van der Waals surface area contributed by atoms with Gasteiger partial charge >= 0.3 is 11.9 Å². The number of anilines is 2. The number of carboxylic acids is 1. The number of nitrogens with zero attached hydrogens (tertiary/aromatic N) is 3. The number of unbranched alkanes of at least 4 members (excludes halogenated alkanes) is 3. The molecule has 4 aromatic carbocycles. The number of esters is 1. The smallest absolute Gasteiger partial charge is 0.364 e. The number of rotatable bonds is 38. The predicted octanol–water partition coefficient (Wildman–Crippen LogP) is 1.39. The number of carbonyl (C=O) groups is 4. The van der Waals surface area contributed by atoms with Crippen molar-refractivity contribution < 1.29 is 99.8 Å². The largest absolute Gasteiger partial charge is 0.477 e. The highest BCUT2D eigenvalue weighted by Crippen LogP contribution is 2.34. The van der Waals surface area contributed by atoms with Gasteiger partial charge in [-0.1, -0.05) is 72.7 Å². The third-order valence-electron chi connectivity index (χ3n) is 13.1. The Morgan fingerprint density at radius 2 is 1.32 bits per heavy atom. The summed E-state index contributed by atoms with van der Waals surface area (Å²) in [5.41, 5.74) is 1.86. The average molecular weight is 1210 g/mol. The number of aliphatic hydroxyl groups excluding tert-OH is 4. The minimum absolute atomic E-state index is 0.0131. The lowest BCUT2D eigenvalue weighted by Crippen LogP contribution is -2.68. The van der Waals surface area contributed by atoms with Crippen LogP contribution in [0, 0.1) is 29.1 Å². The maximum Gasteiger partial charge on any atom is 0.364 e. The normalized spacial score (nSPS) is 17.5. The molecule has 1 aromatic heterocycles. The molecule has 1 fully saturated rings. The maximum atomic E-state index is 13.7. The van der Waals surface area contributed by atoms with E-state index in [-0.39, 0.29) is 90.2 Å². The molecule has 0 radical (unpaired) electrons. The van der Waals surface area contributed by atoms with E-state index in [0.29, 0.717) is 43.6 Å². The molecular weight excluding hydrogens is 1140 g/mol. The van der Waals surface area contributed by atoms with E-state index in [0.717, 1.165) is 11.1 Å². The number of hydrogen-bond acceptors (Lipinski definition) is 21. The molecule has 2 amide bonds. The SMILES string of the molecule is O=C(Cc1ccc(-c2ccccc2)cc1)NC[C@@H](O)[C@@H](O)[C@@H]1O[C@@](OCCCCCCNc2c(NCc3cn(CCOCCOCCOCCOCCC(=O)Oc4c(F)c(F)c(F)c(F)c4F)nn3)c(=O)c2=O)(C(=O)O)C[C@H](O)[C@H]1NC(=O)CO. The van der Waals surface area contributed by atoms with E-state index in [4.69, 9.17) is 28.4 Å². The fraction of sp³-hybridized carbons (Fsp3) is 0.491. The summed E-state index contributed by atoms with van der Waals surface area (Å²) < 4.78 is 106. The second kappa shape index (κ2) is 33.3. The standard InChI is InChI=1S/C55H66F5N7O18/c56-41-42(57)44(59)52(45(60)43(41)58)84-40(73)14-18-79-20-22-81-24-25-82-23-21-80-19-16-67-30-35(65-66-67)28-63-48-47(50(75)51(48)76)61-15-6-1-2-7-17-83-55(54(77)78)27-36(69)46(64-39(72)31-68)53(85-55)49(74)37(70)29-62-38(71)26-32-10-12-34(13-11-32)33-8-4-3-5-9-33/h3-5,8-13,30,36-37,46,49,53,61,63,68-70,74H,1-2,6-7,14-29,31H2,(H,62,71)(H,64,72)(H,77,78)/t36-,37+,46+,49+,53+,55+/m0/s1. The van der Waals surface area contributed by atoms with Gasteiger partial charge in [0.2, 0.25) is 46.6 Å². The number of carbonyl (C=O) groups excluding carboxylic acids is 3. The topological polar surface area (TPSA) is 347 Å². The van der Waals surface area contributed by atoms with Crippen LogP contribution in [0.4, 0.5) is 33.3 Å². The zero-order valence-electron chi connectivity index (χ0n) is 45.8. The molecule has 0 bridgehead atoms. The summed E-state index contributed by atoms with van der Waals surface area (Å²) in [7, 11) is 0. The zero-order chi connectivity index (χ0) is 61.5. The molecule has 0 saturated carbocycles. The van der Waals surface area contributed by atoms with E-state index in [1.54, 1.807) is 18.3 Å². The van der Waals surface area contributed by atoms with E-state index in [2.05, 4.69) is 36.3 Å². The molecule has 464 valence electrons. The van der Waals surface area contributed by atoms with Crippen LogP contribution in [0.5, 0.6) is 5.75 Å². The highest BCUT2D eigenvalue weighted by Gasteiger charge is 2.56. The van der Waals surface area contributed by atoms with Gasteiger partial charge in [-0.15, -0.1) is 5.10 Å². The maximum absolute atomic E-state index is 13.7. The van der Waals surface area contributed by atoms with Crippen molar-refractivity contribution in [1.29, 1.82) is 0 Å². The Morgan fingerprint density at radius 1 is 0.729 bits per heavy atom. The first-order valence-corrected chi connectivity index (χ1v) is 27.0. The Balaban J connectivity index is 0.813. The van der Waals surface area contributed by atoms with Gasteiger partial charge in [0.1, 0.15) is 35.9 Å². The van der Waals surface area contributed by atoms with Crippen LogP contribution in [-0.4, -0.2) is 180 Å². The van der Waals surface area contributed by atoms with Gasteiger partial charge < -0.3 is 80.0 Å². The van der Waals surface area contributed by atoms with Crippen LogP contribution < -0.4 is 36.9 Å². The number of halogens is 5. The highest BCUT2D eigenvalue weighted by atomic mass is 19.2. The first-order valence-electron chi connectivity index (χ1n) is 27.0. The highest BCUT2D eigenvalue weighted by molar-refractivity contribution is 5.79. The lowest BCUT2D eigenvalue weighted by molar-refractivity contribution is -0.310. The van der Waals surface area contributed by atoms with Crippen molar-refractivity contribution in [2.75, 3.05) is 89.8 Å². The molecule has 5 aromatic rings. The number of ether oxygens (including phenoxy) is 7. The summed E-state index contributed by atoms with van der Waals surface area (Å²) in [6, 6.07) is 15.4. The van der Waals surface area contributed by atoms with Gasteiger partial charge in [-0.3, -0.25) is 24.0 Å². The summed E-state index contributed by atoms with van der Waals surface area (Å²) in [6.07, 6.45) is -5.13. The van der Waals surface area contributed by atoms with Crippen molar-refractivity contribution in [3.8, 4) is 16.9 Å². The van der Waals surface area contributed by atoms with Crippen molar-refractivity contribution in [1.82, 2.24) is 25.6 Å². The Morgan fingerprint density at radius 3 is 1.95 bits per heavy atom. The molecule has 1 saturated heterocycles. The number of amides is 2. The van der Waals surface area contributed by atoms with Crippen LogP contribution in [0.25, 0.3) is 11.1 Å². The Hall–Kier alpha value is -7.39. The lowest BCUT2D eigenvalue weighted by Gasteiger charge is -2.46. The second-order valence-electron chi connectivity index (χ2n) is 19.3. The van der Waals surface area contributed by atoms with Crippen molar-refractivity contribution in [2.24, 2.45) is 0 Å².